The largest absolute Gasteiger partial charge is 0.393 e. The van der Waals surface area contributed by atoms with Gasteiger partial charge in [-0.25, -0.2) is 9.97 Å². The molecule has 0 atom stereocenters. The molecule has 11 heteroatoms. The zero-order valence-electron chi connectivity index (χ0n) is 21.6. The highest BCUT2D eigenvalue weighted by Crippen LogP contribution is 2.35. The molecule has 1 aliphatic rings. The summed E-state index contributed by atoms with van der Waals surface area (Å²) in [6.07, 6.45) is -1.06. The fourth-order valence-corrected chi connectivity index (χ4v) is 7.09. The molecule has 1 fully saturated rings. The fourth-order valence-electron chi connectivity index (χ4n) is 5.20. The van der Waals surface area contributed by atoms with E-state index < -0.39 is 12.6 Å². The molecule has 3 aromatic heterocycles. The second-order valence-corrected chi connectivity index (χ2v) is 13.8. The SMILES string of the molecule is Cc1c(CN2CCC(Nc3ncnc4sc(CC(F)(F)F)cc34)CC2)ccc2c1cc(C#N)n2CP(C)C. The number of hydrogen-bond donors (Lipinski definition) is 1. The summed E-state index contributed by atoms with van der Waals surface area (Å²) >= 11 is 1.07. The van der Waals surface area contributed by atoms with Crippen LogP contribution in [0.1, 0.15) is 34.5 Å². The van der Waals surface area contributed by atoms with E-state index in [0.717, 1.165) is 66.7 Å². The van der Waals surface area contributed by atoms with Crippen molar-refractivity contribution in [2.24, 2.45) is 0 Å². The van der Waals surface area contributed by atoms with Gasteiger partial charge in [-0.05, 0) is 62.4 Å². The van der Waals surface area contributed by atoms with Crippen LogP contribution in [-0.2, 0) is 19.3 Å². The van der Waals surface area contributed by atoms with Crippen molar-refractivity contribution in [3.63, 3.8) is 0 Å². The molecule has 0 amide bonds. The Bertz CT molecular complexity index is 1490. The zero-order chi connectivity index (χ0) is 27.0. The Kier molecular flexibility index (Phi) is 7.63. The lowest BCUT2D eigenvalue weighted by Crippen LogP contribution is -2.39. The molecule has 5 rings (SSSR count). The molecule has 0 unspecified atom stereocenters. The highest BCUT2D eigenvalue weighted by molar-refractivity contribution is 7.54. The lowest BCUT2D eigenvalue weighted by atomic mass is 10.0. The minimum Gasteiger partial charge on any atom is -0.367 e. The summed E-state index contributed by atoms with van der Waals surface area (Å²) in [7, 11) is -0.170. The first-order chi connectivity index (χ1) is 18.1. The van der Waals surface area contributed by atoms with Gasteiger partial charge in [0.2, 0.25) is 0 Å². The molecule has 0 radical (unpaired) electrons. The van der Waals surface area contributed by atoms with Crippen molar-refractivity contribution in [3.8, 4) is 6.07 Å². The summed E-state index contributed by atoms with van der Waals surface area (Å²) in [5.74, 6) is 0.611. The highest BCUT2D eigenvalue weighted by atomic mass is 32.1. The average Bonchev–Trinajstić information content (AvgIpc) is 3.42. The van der Waals surface area contributed by atoms with E-state index in [0.29, 0.717) is 16.0 Å². The van der Waals surface area contributed by atoms with Crippen LogP contribution in [0.2, 0.25) is 0 Å². The van der Waals surface area contributed by atoms with Crippen molar-refractivity contribution >= 4 is 46.2 Å². The molecule has 4 heterocycles. The Balaban J connectivity index is 1.24. The van der Waals surface area contributed by atoms with Gasteiger partial charge in [-0.3, -0.25) is 4.90 Å². The van der Waals surface area contributed by atoms with Gasteiger partial charge in [0.25, 0.3) is 0 Å². The fraction of sp³-hybridized carbons (Fsp3) is 0.444. The van der Waals surface area contributed by atoms with Gasteiger partial charge >= 0.3 is 6.18 Å². The van der Waals surface area contributed by atoms with Crippen LogP contribution < -0.4 is 5.32 Å². The molecular formula is C27H30F3N6PS. The van der Waals surface area contributed by atoms with Gasteiger partial charge in [0, 0.05) is 47.7 Å². The number of likely N-dealkylation sites (tertiary alicyclic amines) is 1. The van der Waals surface area contributed by atoms with E-state index in [4.69, 9.17) is 0 Å². The molecule has 4 aromatic rings. The number of alkyl halides is 3. The first-order valence-electron chi connectivity index (χ1n) is 12.6. The van der Waals surface area contributed by atoms with E-state index in [2.05, 4.69) is 63.2 Å². The van der Waals surface area contributed by atoms with E-state index >= 15 is 0 Å². The van der Waals surface area contributed by atoms with Crippen LogP contribution in [0.5, 0.6) is 0 Å². The smallest absolute Gasteiger partial charge is 0.367 e. The van der Waals surface area contributed by atoms with Crippen LogP contribution >= 0.6 is 19.3 Å². The van der Waals surface area contributed by atoms with Crippen molar-refractivity contribution in [3.05, 3.63) is 52.3 Å². The number of piperidine rings is 1. The van der Waals surface area contributed by atoms with Gasteiger partial charge in [-0.1, -0.05) is 14.0 Å². The molecule has 0 saturated carbocycles. The topological polar surface area (TPSA) is 69.8 Å². The summed E-state index contributed by atoms with van der Waals surface area (Å²) in [5, 5.41) is 14.9. The van der Waals surface area contributed by atoms with E-state index in [1.54, 1.807) is 6.07 Å². The number of hydrogen-bond acceptors (Lipinski definition) is 6. The molecular weight excluding hydrogens is 528 g/mol. The third kappa shape index (κ3) is 5.80. The minimum atomic E-state index is -4.24. The molecule has 0 spiro atoms. The van der Waals surface area contributed by atoms with E-state index in [1.165, 1.54) is 17.5 Å². The van der Waals surface area contributed by atoms with Crippen LogP contribution in [0.3, 0.4) is 0 Å². The maximum absolute atomic E-state index is 12.9. The van der Waals surface area contributed by atoms with Gasteiger partial charge in [0.1, 0.15) is 28.7 Å². The molecule has 1 saturated heterocycles. The Morgan fingerprint density at radius 1 is 1.16 bits per heavy atom. The standard InChI is InChI=1S/C27H30F3N6PS/c1-17-18(4-5-24-22(17)10-20(13-31)36(24)16-37(2)3)14-35-8-6-19(7-9-35)34-25-23-11-21(12-27(28,29)30)38-26(23)33-15-32-25/h4-5,10-11,15,19H,6-9,12,14,16H2,1-3H3,(H,32,33,34). The number of halogens is 3. The number of rotatable bonds is 7. The number of thiophene rings is 1. The number of nitrogens with zero attached hydrogens (tertiary/aromatic N) is 5. The van der Waals surface area contributed by atoms with Crippen molar-refractivity contribution in [1.29, 1.82) is 5.26 Å². The lowest BCUT2D eigenvalue weighted by Gasteiger charge is -2.33. The molecule has 200 valence electrons. The predicted octanol–water partition coefficient (Wildman–Crippen LogP) is 6.71. The van der Waals surface area contributed by atoms with Crippen LogP contribution in [0.15, 0.2) is 30.6 Å². The molecule has 38 heavy (non-hydrogen) atoms. The summed E-state index contributed by atoms with van der Waals surface area (Å²) < 4.78 is 40.7. The molecule has 1 N–H and O–H groups in total. The maximum atomic E-state index is 12.9. The van der Waals surface area contributed by atoms with Crippen molar-refractivity contribution < 1.29 is 13.2 Å². The molecule has 1 aliphatic heterocycles. The van der Waals surface area contributed by atoms with Gasteiger partial charge in [-0.15, -0.1) is 11.3 Å². The van der Waals surface area contributed by atoms with E-state index in [-0.39, 0.29) is 18.8 Å². The molecule has 1 aromatic carbocycles. The number of aryl methyl sites for hydroxylation is 1. The monoisotopic (exact) mass is 558 g/mol. The zero-order valence-corrected chi connectivity index (χ0v) is 23.4. The summed E-state index contributed by atoms with van der Waals surface area (Å²) in [6, 6.07) is 10.5. The summed E-state index contributed by atoms with van der Waals surface area (Å²) in [4.78, 5) is 11.8. The first kappa shape index (κ1) is 26.9. The Morgan fingerprint density at radius 2 is 1.92 bits per heavy atom. The number of nitriles is 1. The lowest BCUT2D eigenvalue weighted by molar-refractivity contribution is -0.126. The third-order valence-corrected chi connectivity index (χ3v) is 8.97. The quantitative estimate of drug-likeness (QED) is 0.256. The van der Waals surface area contributed by atoms with Gasteiger partial charge in [0.15, 0.2) is 0 Å². The highest BCUT2D eigenvalue weighted by Gasteiger charge is 2.29. The normalized spacial score (nSPS) is 15.5. The number of aromatic nitrogens is 3. The average molecular weight is 559 g/mol. The number of anilines is 1. The first-order valence-corrected chi connectivity index (χ1v) is 15.8. The Hall–Kier alpha value is -2.73. The summed E-state index contributed by atoms with van der Waals surface area (Å²) in [6.45, 7) is 9.26. The Morgan fingerprint density at radius 3 is 2.61 bits per heavy atom. The van der Waals surface area contributed by atoms with Gasteiger partial charge < -0.3 is 9.88 Å². The van der Waals surface area contributed by atoms with Crippen LogP contribution in [0.25, 0.3) is 21.1 Å². The van der Waals surface area contributed by atoms with Crippen molar-refractivity contribution in [2.45, 2.75) is 51.2 Å². The van der Waals surface area contributed by atoms with Crippen LogP contribution in [-0.4, -0.2) is 58.1 Å². The summed E-state index contributed by atoms with van der Waals surface area (Å²) in [5.41, 5.74) is 4.35. The van der Waals surface area contributed by atoms with Crippen LogP contribution in [0, 0.1) is 18.3 Å². The van der Waals surface area contributed by atoms with E-state index in [9.17, 15) is 18.4 Å². The second kappa shape index (κ2) is 10.8. The molecule has 0 bridgehead atoms. The maximum Gasteiger partial charge on any atom is 0.393 e. The predicted molar refractivity (Wildman–Crippen MR) is 149 cm³/mol. The molecule has 6 nitrogen and oxygen atoms in total. The number of benzene rings is 1. The number of nitrogens with one attached hydrogen (secondary N) is 1. The van der Waals surface area contributed by atoms with Crippen molar-refractivity contribution in [1.82, 2.24) is 19.4 Å². The van der Waals surface area contributed by atoms with Gasteiger partial charge in [0.05, 0.1) is 11.8 Å². The van der Waals surface area contributed by atoms with Crippen LogP contribution in [0.4, 0.5) is 19.0 Å². The van der Waals surface area contributed by atoms with Gasteiger partial charge in [-0.2, -0.15) is 18.4 Å². The van der Waals surface area contributed by atoms with E-state index in [1.807, 2.05) is 6.07 Å². The second-order valence-electron chi connectivity index (χ2n) is 10.2. The minimum absolute atomic E-state index is 0.170. The molecule has 0 aliphatic carbocycles. The number of fused-ring (bicyclic) bond motifs is 2. The van der Waals surface area contributed by atoms with Crippen molar-refractivity contribution in [2.75, 3.05) is 31.7 Å². The Labute approximate surface area is 225 Å². The third-order valence-electron chi connectivity index (χ3n) is 7.08.